The van der Waals surface area contributed by atoms with Crippen LogP contribution in [-0.2, 0) is 16.0 Å². The van der Waals surface area contributed by atoms with E-state index in [-0.39, 0.29) is 23.1 Å². The van der Waals surface area contributed by atoms with Gasteiger partial charge in [0.2, 0.25) is 0 Å². The molecule has 150 valence electrons. The van der Waals surface area contributed by atoms with E-state index < -0.39 is 12.1 Å². The lowest BCUT2D eigenvalue weighted by atomic mass is 10.1. The van der Waals surface area contributed by atoms with Crippen molar-refractivity contribution in [1.29, 1.82) is 0 Å². The summed E-state index contributed by atoms with van der Waals surface area (Å²) in [5.41, 5.74) is 1.48. The first-order valence-electron chi connectivity index (χ1n) is 9.61. The second kappa shape index (κ2) is 9.19. The van der Waals surface area contributed by atoms with Crippen LogP contribution in [0.5, 0.6) is 0 Å². The van der Waals surface area contributed by atoms with Crippen LogP contribution < -0.4 is 10.7 Å². The van der Waals surface area contributed by atoms with Gasteiger partial charge in [0, 0.05) is 23.0 Å². The number of aromatic amines is 1. The van der Waals surface area contributed by atoms with Crippen LogP contribution in [0, 0.1) is 0 Å². The molecule has 0 bridgehead atoms. The van der Waals surface area contributed by atoms with Crippen molar-refractivity contribution in [2.75, 3.05) is 0 Å². The van der Waals surface area contributed by atoms with Gasteiger partial charge in [0.05, 0.1) is 0 Å². The summed E-state index contributed by atoms with van der Waals surface area (Å²) < 4.78 is 5.24. The Labute approximate surface area is 168 Å². The molecule has 0 saturated carbocycles. The summed E-state index contributed by atoms with van der Waals surface area (Å²) in [4.78, 5) is 39.8. The molecular weight excluding hydrogens is 368 g/mol. The number of amides is 1. The normalized spacial score (nSPS) is 12.9. The van der Waals surface area contributed by atoms with Crippen molar-refractivity contribution < 1.29 is 14.3 Å². The first-order valence-corrected chi connectivity index (χ1v) is 9.61. The van der Waals surface area contributed by atoms with Gasteiger partial charge in [-0.2, -0.15) is 0 Å². The van der Waals surface area contributed by atoms with Gasteiger partial charge in [-0.1, -0.05) is 42.5 Å². The lowest BCUT2D eigenvalue weighted by Crippen LogP contribution is -2.41. The standard InChI is InChI=1S/C23H24N2O4/c1-15(12-13-17-8-4-3-5-9-17)24-22(27)16(2)29-23(28)20-14-21(26)18-10-6-7-11-19(18)25-20/h3-11,14-16H,12-13H2,1-2H3,(H,24,27)(H,25,26)/t15-,16+/m0/s1. The van der Waals surface area contributed by atoms with Crippen LogP contribution in [-0.4, -0.2) is 29.0 Å². The summed E-state index contributed by atoms with van der Waals surface area (Å²) >= 11 is 0. The van der Waals surface area contributed by atoms with E-state index in [1.165, 1.54) is 18.6 Å². The molecule has 6 nitrogen and oxygen atoms in total. The number of H-pyrrole nitrogens is 1. The number of rotatable bonds is 7. The largest absolute Gasteiger partial charge is 0.448 e. The van der Waals surface area contributed by atoms with Gasteiger partial charge in [0.25, 0.3) is 5.91 Å². The smallest absolute Gasteiger partial charge is 0.355 e. The van der Waals surface area contributed by atoms with Crippen LogP contribution in [0.2, 0.25) is 0 Å². The van der Waals surface area contributed by atoms with Crippen LogP contribution >= 0.6 is 0 Å². The highest BCUT2D eigenvalue weighted by atomic mass is 16.5. The summed E-state index contributed by atoms with van der Waals surface area (Å²) in [6, 6.07) is 18.0. The minimum atomic E-state index is -0.975. The van der Waals surface area contributed by atoms with Gasteiger partial charge < -0.3 is 15.0 Å². The monoisotopic (exact) mass is 392 g/mol. The van der Waals surface area contributed by atoms with Gasteiger partial charge in [0.15, 0.2) is 11.5 Å². The number of fused-ring (bicyclic) bond motifs is 1. The Morgan fingerprint density at radius 3 is 2.48 bits per heavy atom. The second-order valence-corrected chi connectivity index (χ2v) is 7.07. The number of nitrogens with one attached hydrogen (secondary N) is 2. The van der Waals surface area contributed by atoms with Crippen LogP contribution in [0.3, 0.4) is 0 Å². The van der Waals surface area contributed by atoms with Gasteiger partial charge in [-0.05, 0) is 44.4 Å². The number of para-hydroxylation sites is 1. The third kappa shape index (κ3) is 5.31. The maximum absolute atomic E-state index is 12.4. The predicted molar refractivity (Wildman–Crippen MR) is 112 cm³/mol. The lowest BCUT2D eigenvalue weighted by molar-refractivity contribution is -0.129. The zero-order valence-corrected chi connectivity index (χ0v) is 16.5. The summed E-state index contributed by atoms with van der Waals surface area (Å²) in [5.74, 6) is -1.12. The van der Waals surface area contributed by atoms with Crippen molar-refractivity contribution >= 4 is 22.8 Å². The Bertz CT molecular complexity index is 1060. The molecule has 0 aliphatic rings. The first-order chi connectivity index (χ1) is 13.9. The number of carbonyl (C=O) groups is 2. The van der Waals surface area contributed by atoms with Gasteiger partial charge >= 0.3 is 5.97 Å². The molecular formula is C23H24N2O4. The van der Waals surface area contributed by atoms with Crippen LogP contribution in [0.15, 0.2) is 65.5 Å². The zero-order valence-electron chi connectivity index (χ0n) is 16.5. The Kier molecular flexibility index (Phi) is 6.44. The number of esters is 1. The molecule has 3 rings (SSSR count). The maximum Gasteiger partial charge on any atom is 0.355 e. The molecule has 1 aromatic heterocycles. The molecule has 1 heterocycles. The fourth-order valence-corrected chi connectivity index (χ4v) is 3.04. The second-order valence-electron chi connectivity index (χ2n) is 7.07. The molecule has 3 aromatic rings. The summed E-state index contributed by atoms with van der Waals surface area (Å²) in [5, 5.41) is 3.35. The Morgan fingerprint density at radius 2 is 1.72 bits per heavy atom. The summed E-state index contributed by atoms with van der Waals surface area (Å²) in [7, 11) is 0. The van der Waals surface area contributed by atoms with E-state index in [1.54, 1.807) is 24.3 Å². The molecule has 6 heteroatoms. The number of ether oxygens (including phenoxy) is 1. The van der Waals surface area contributed by atoms with Crippen LogP contribution in [0.4, 0.5) is 0 Å². The highest BCUT2D eigenvalue weighted by molar-refractivity contribution is 5.93. The number of hydrogen-bond donors (Lipinski definition) is 2. The third-order valence-corrected chi connectivity index (χ3v) is 4.71. The van der Waals surface area contributed by atoms with E-state index in [0.29, 0.717) is 10.9 Å². The fourth-order valence-electron chi connectivity index (χ4n) is 3.04. The van der Waals surface area contributed by atoms with Gasteiger partial charge in [-0.3, -0.25) is 9.59 Å². The van der Waals surface area contributed by atoms with E-state index in [4.69, 9.17) is 4.74 Å². The van der Waals surface area contributed by atoms with Crippen molar-refractivity contribution in [2.24, 2.45) is 0 Å². The quantitative estimate of drug-likeness (QED) is 0.605. The van der Waals surface area contributed by atoms with Gasteiger partial charge in [0.1, 0.15) is 5.69 Å². The van der Waals surface area contributed by atoms with Crippen molar-refractivity contribution in [3.63, 3.8) is 0 Å². The maximum atomic E-state index is 12.4. The Hall–Kier alpha value is -3.41. The fraction of sp³-hybridized carbons (Fsp3) is 0.261. The number of carbonyl (C=O) groups excluding carboxylic acids is 2. The van der Waals surface area contributed by atoms with Crippen LogP contribution in [0.1, 0.15) is 36.3 Å². The molecule has 0 fully saturated rings. The number of hydrogen-bond acceptors (Lipinski definition) is 4. The molecule has 29 heavy (non-hydrogen) atoms. The Morgan fingerprint density at radius 1 is 1.03 bits per heavy atom. The van der Waals surface area contributed by atoms with Crippen LogP contribution in [0.25, 0.3) is 10.9 Å². The summed E-state index contributed by atoms with van der Waals surface area (Å²) in [6.45, 7) is 3.42. The minimum absolute atomic E-state index is 0.0190. The van der Waals surface area contributed by atoms with Gasteiger partial charge in [-0.15, -0.1) is 0 Å². The molecule has 0 radical (unpaired) electrons. The molecule has 0 saturated heterocycles. The van der Waals surface area contributed by atoms with E-state index in [1.807, 2.05) is 37.3 Å². The van der Waals surface area contributed by atoms with Gasteiger partial charge in [-0.25, -0.2) is 4.79 Å². The topological polar surface area (TPSA) is 88.3 Å². The molecule has 2 atom stereocenters. The summed E-state index contributed by atoms with van der Waals surface area (Å²) in [6.07, 6.45) is 0.639. The molecule has 0 aliphatic heterocycles. The van der Waals surface area contributed by atoms with Crippen molar-refractivity contribution in [1.82, 2.24) is 10.3 Å². The third-order valence-electron chi connectivity index (χ3n) is 4.71. The number of benzene rings is 2. The van der Waals surface area contributed by atoms with E-state index >= 15 is 0 Å². The number of aromatic nitrogens is 1. The molecule has 0 unspecified atom stereocenters. The van der Waals surface area contributed by atoms with E-state index in [9.17, 15) is 14.4 Å². The Balaban J connectivity index is 1.56. The lowest BCUT2D eigenvalue weighted by Gasteiger charge is -2.18. The predicted octanol–water partition coefficient (Wildman–Crippen LogP) is 3.21. The molecule has 0 spiro atoms. The van der Waals surface area contributed by atoms with E-state index in [0.717, 1.165) is 12.8 Å². The molecule has 0 aliphatic carbocycles. The highest BCUT2D eigenvalue weighted by Gasteiger charge is 2.21. The first kappa shape index (κ1) is 20.3. The number of aryl methyl sites for hydroxylation is 1. The van der Waals surface area contributed by atoms with Crippen molar-refractivity contribution in [3.8, 4) is 0 Å². The molecule has 2 N–H and O–H groups in total. The SMILES string of the molecule is C[C@@H](CCc1ccccc1)NC(=O)[C@@H](C)OC(=O)c1cc(=O)c2ccccc2[nH]1. The molecule has 1 amide bonds. The van der Waals surface area contributed by atoms with E-state index in [2.05, 4.69) is 10.3 Å². The number of pyridine rings is 1. The minimum Gasteiger partial charge on any atom is -0.448 e. The highest BCUT2D eigenvalue weighted by Crippen LogP contribution is 2.09. The average Bonchev–Trinajstić information content (AvgIpc) is 2.73. The average molecular weight is 392 g/mol. The van der Waals surface area contributed by atoms with Crippen molar-refractivity contribution in [2.45, 2.75) is 38.8 Å². The zero-order chi connectivity index (χ0) is 20.8. The van der Waals surface area contributed by atoms with Crippen molar-refractivity contribution in [3.05, 3.63) is 82.1 Å². The molecule has 2 aromatic carbocycles.